The van der Waals surface area contributed by atoms with Crippen molar-refractivity contribution >= 4 is 0 Å². The number of rotatable bonds is 1. The molecule has 98 valence electrons. The van der Waals surface area contributed by atoms with Crippen molar-refractivity contribution in [1.82, 2.24) is 5.32 Å². The van der Waals surface area contributed by atoms with Crippen molar-refractivity contribution in [2.24, 2.45) is 0 Å². The summed E-state index contributed by atoms with van der Waals surface area (Å²) in [7, 11) is 0. The summed E-state index contributed by atoms with van der Waals surface area (Å²) in [6.45, 7) is 3.81. The van der Waals surface area contributed by atoms with Gasteiger partial charge in [0.15, 0.2) is 0 Å². The van der Waals surface area contributed by atoms with Crippen LogP contribution in [0.15, 0.2) is 36.4 Å². The van der Waals surface area contributed by atoms with Crippen LogP contribution in [0.2, 0.25) is 0 Å². The molecule has 1 aliphatic rings. The fraction of sp³-hybridized carbons (Fsp3) is 0.250. The molecule has 1 aliphatic heterocycles. The van der Waals surface area contributed by atoms with Crippen LogP contribution in [0.25, 0.3) is 11.1 Å². The maximum atomic E-state index is 13.9. The van der Waals surface area contributed by atoms with Crippen LogP contribution in [0.5, 0.6) is 0 Å². The van der Waals surface area contributed by atoms with Gasteiger partial charge in [-0.05, 0) is 34.7 Å². The molecule has 0 aliphatic carbocycles. The Balaban J connectivity index is 2.18. The smallest absolute Gasteiger partial charge is 0.133 e. The Hall–Kier alpha value is -1.74. The largest absolute Gasteiger partial charge is 0.312 e. The highest BCUT2D eigenvalue weighted by molar-refractivity contribution is 5.70. The molecule has 0 spiro atoms. The SMILES string of the molecule is CC1CNCc2c(-c3ccc(F)cc3F)cccc21. The first-order chi connectivity index (χ1) is 9.16. The molecule has 2 aromatic rings. The molecule has 0 fully saturated rings. The standard InChI is InChI=1S/C16H15F2N/c1-10-8-19-9-15-12(10)3-2-4-13(15)14-6-5-11(17)7-16(14)18/h2-7,10,19H,8-9H2,1H3. The maximum absolute atomic E-state index is 13.9. The van der Waals surface area contributed by atoms with Gasteiger partial charge >= 0.3 is 0 Å². The predicted molar refractivity (Wildman–Crippen MR) is 71.9 cm³/mol. The molecule has 2 aromatic carbocycles. The van der Waals surface area contributed by atoms with Gasteiger partial charge < -0.3 is 5.32 Å². The molecular weight excluding hydrogens is 244 g/mol. The number of hydrogen-bond donors (Lipinski definition) is 1. The second-order valence-corrected chi connectivity index (χ2v) is 5.03. The zero-order valence-electron chi connectivity index (χ0n) is 10.7. The monoisotopic (exact) mass is 259 g/mol. The van der Waals surface area contributed by atoms with E-state index in [9.17, 15) is 8.78 Å². The van der Waals surface area contributed by atoms with Gasteiger partial charge in [-0.25, -0.2) is 8.78 Å². The number of fused-ring (bicyclic) bond motifs is 1. The van der Waals surface area contributed by atoms with Gasteiger partial charge in [-0.1, -0.05) is 25.1 Å². The van der Waals surface area contributed by atoms with Crippen LogP contribution >= 0.6 is 0 Å². The molecule has 0 amide bonds. The van der Waals surface area contributed by atoms with E-state index in [-0.39, 0.29) is 0 Å². The van der Waals surface area contributed by atoms with Crippen LogP contribution in [0, 0.1) is 11.6 Å². The first kappa shape index (κ1) is 12.3. The zero-order chi connectivity index (χ0) is 13.4. The Kier molecular flexibility index (Phi) is 3.07. The van der Waals surface area contributed by atoms with E-state index >= 15 is 0 Å². The Morgan fingerprint density at radius 2 is 1.95 bits per heavy atom. The normalized spacial score (nSPS) is 18.2. The van der Waals surface area contributed by atoms with E-state index in [2.05, 4.69) is 18.3 Å². The Morgan fingerprint density at radius 1 is 1.11 bits per heavy atom. The number of benzene rings is 2. The van der Waals surface area contributed by atoms with Crippen LogP contribution in [-0.4, -0.2) is 6.54 Å². The van der Waals surface area contributed by atoms with Crippen molar-refractivity contribution in [3.63, 3.8) is 0 Å². The summed E-state index contributed by atoms with van der Waals surface area (Å²) in [5.74, 6) is -0.642. The van der Waals surface area contributed by atoms with Crippen LogP contribution in [0.3, 0.4) is 0 Å². The minimum absolute atomic E-state index is 0.409. The molecular formula is C16H15F2N. The van der Waals surface area contributed by atoms with Gasteiger partial charge in [-0.3, -0.25) is 0 Å². The molecule has 3 rings (SSSR count). The lowest BCUT2D eigenvalue weighted by atomic mass is 9.87. The number of nitrogens with one attached hydrogen (secondary N) is 1. The summed E-state index contributed by atoms with van der Waals surface area (Å²) in [4.78, 5) is 0. The van der Waals surface area contributed by atoms with Crippen molar-refractivity contribution in [3.05, 3.63) is 59.2 Å². The van der Waals surface area contributed by atoms with Gasteiger partial charge in [0.1, 0.15) is 11.6 Å². The molecule has 0 bridgehead atoms. The van der Waals surface area contributed by atoms with Crippen LogP contribution in [-0.2, 0) is 6.54 Å². The van der Waals surface area contributed by atoms with Gasteiger partial charge in [0.25, 0.3) is 0 Å². The molecule has 1 unspecified atom stereocenters. The summed E-state index contributed by atoms with van der Waals surface area (Å²) in [6.07, 6.45) is 0. The Labute approximate surface area is 111 Å². The molecule has 19 heavy (non-hydrogen) atoms. The van der Waals surface area contributed by atoms with Gasteiger partial charge in [0.2, 0.25) is 0 Å². The fourth-order valence-electron chi connectivity index (χ4n) is 2.75. The summed E-state index contributed by atoms with van der Waals surface area (Å²) >= 11 is 0. The minimum Gasteiger partial charge on any atom is -0.312 e. The highest BCUT2D eigenvalue weighted by Gasteiger charge is 2.20. The average Bonchev–Trinajstić information content (AvgIpc) is 2.39. The second-order valence-electron chi connectivity index (χ2n) is 5.03. The molecule has 0 radical (unpaired) electrons. The predicted octanol–water partition coefficient (Wildman–Crippen LogP) is 3.84. The van der Waals surface area contributed by atoms with Gasteiger partial charge in [-0.2, -0.15) is 0 Å². The summed E-state index contributed by atoms with van der Waals surface area (Å²) in [5, 5.41) is 3.34. The Morgan fingerprint density at radius 3 is 2.74 bits per heavy atom. The third-order valence-corrected chi connectivity index (χ3v) is 3.72. The lowest BCUT2D eigenvalue weighted by Gasteiger charge is -2.26. The molecule has 3 heteroatoms. The summed E-state index contributed by atoms with van der Waals surface area (Å²) in [6, 6.07) is 9.69. The van der Waals surface area contributed by atoms with E-state index in [1.54, 1.807) is 0 Å². The third-order valence-electron chi connectivity index (χ3n) is 3.72. The van der Waals surface area contributed by atoms with Gasteiger partial charge in [0.05, 0.1) is 0 Å². The number of halogens is 2. The van der Waals surface area contributed by atoms with E-state index in [1.165, 1.54) is 17.7 Å². The molecule has 0 saturated carbocycles. The first-order valence-corrected chi connectivity index (χ1v) is 6.44. The fourth-order valence-corrected chi connectivity index (χ4v) is 2.75. The van der Waals surface area contributed by atoms with E-state index in [1.807, 2.05) is 12.1 Å². The second kappa shape index (κ2) is 4.74. The molecule has 1 N–H and O–H groups in total. The van der Waals surface area contributed by atoms with Crippen LogP contribution in [0.4, 0.5) is 8.78 Å². The highest BCUT2D eigenvalue weighted by Crippen LogP contribution is 2.33. The van der Waals surface area contributed by atoms with Crippen molar-refractivity contribution in [2.75, 3.05) is 6.54 Å². The van der Waals surface area contributed by atoms with Crippen molar-refractivity contribution < 1.29 is 8.78 Å². The average molecular weight is 259 g/mol. The topological polar surface area (TPSA) is 12.0 Å². The molecule has 0 aromatic heterocycles. The zero-order valence-corrected chi connectivity index (χ0v) is 10.7. The lowest BCUT2D eigenvalue weighted by molar-refractivity contribution is 0.569. The van der Waals surface area contributed by atoms with E-state index < -0.39 is 11.6 Å². The molecule has 1 nitrogen and oxygen atoms in total. The molecule has 1 heterocycles. The first-order valence-electron chi connectivity index (χ1n) is 6.44. The van der Waals surface area contributed by atoms with E-state index in [0.29, 0.717) is 11.5 Å². The summed E-state index contributed by atoms with van der Waals surface area (Å²) in [5.41, 5.74) is 3.69. The van der Waals surface area contributed by atoms with Crippen LogP contribution < -0.4 is 5.32 Å². The van der Waals surface area contributed by atoms with Crippen molar-refractivity contribution in [3.8, 4) is 11.1 Å². The molecule has 1 atom stereocenters. The van der Waals surface area contributed by atoms with Crippen molar-refractivity contribution in [2.45, 2.75) is 19.4 Å². The minimum atomic E-state index is -0.544. The van der Waals surface area contributed by atoms with E-state index in [0.717, 1.165) is 30.3 Å². The maximum Gasteiger partial charge on any atom is 0.133 e. The number of hydrogen-bond acceptors (Lipinski definition) is 1. The van der Waals surface area contributed by atoms with Gasteiger partial charge in [-0.15, -0.1) is 0 Å². The van der Waals surface area contributed by atoms with Crippen molar-refractivity contribution in [1.29, 1.82) is 0 Å². The third kappa shape index (κ3) is 2.15. The van der Waals surface area contributed by atoms with Crippen LogP contribution in [0.1, 0.15) is 24.0 Å². The van der Waals surface area contributed by atoms with E-state index in [4.69, 9.17) is 0 Å². The lowest BCUT2D eigenvalue weighted by Crippen LogP contribution is -2.27. The highest BCUT2D eigenvalue weighted by atomic mass is 19.1. The van der Waals surface area contributed by atoms with Gasteiger partial charge in [0, 0.05) is 24.7 Å². The Bertz CT molecular complexity index is 622. The molecule has 0 saturated heterocycles. The summed E-state index contributed by atoms with van der Waals surface area (Å²) < 4.78 is 27.0. The quantitative estimate of drug-likeness (QED) is 0.820.